The number of aromatic nitrogens is 2. The normalized spacial score (nSPS) is 10.9. The monoisotopic (exact) mass is 415 g/mol. The second-order valence-corrected chi connectivity index (χ2v) is 6.41. The average molecular weight is 417 g/mol. The highest BCUT2D eigenvalue weighted by Gasteiger charge is 2.13. The van der Waals surface area contributed by atoms with Crippen molar-refractivity contribution in [3.63, 3.8) is 0 Å². The molecule has 2 rings (SSSR count). The van der Waals surface area contributed by atoms with Crippen LogP contribution in [0, 0.1) is 6.92 Å². The first kappa shape index (κ1) is 16.5. The number of para-hydroxylation sites is 1. The third kappa shape index (κ3) is 3.87. The molecular formula is C15H19Br2N3O. The van der Waals surface area contributed by atoms with Crippen molar-refractivity contribution in [2.45, 2.75) is 27.0 Å². The van der Waals surface area contributed by atoms with E-state index in [-0.39, 0.29) is 0 Å². The molecule has 0 aliphatic carbocycles. The Morgan fingerprint density at radius 1 is 1.33 bits per heavy atom. The SMILES string of the molecule is CCNCc1cccc(Br)c1OCc1c(Br)c(C)nn1C. The molecule has 2 aromatic rings. The molecule has 0 amide bonds. The van der Waals surface area contributed by atoms with Gasteiger partial charge in [0, 0.05) is 19.2 Å². The molecule has 0 spiro atoms. The van der Waals surface area contributed by atoms with E-state index < -0.39 is 0 Å². The van der Waals surface area contributed by atoms with Gasteiger partial charge >= 0.3 is 0 Å². The molecule has 0 radical (unpaired) electrons. The van der Waals surface area contributed by atoms with E-state index >= 15 is 0 Å². The van der Waals surface area contributed by atoms with Crippen LogP contribution in [0.1, 0.15) is 23.9 Å². The Labute approximate surface area is 142 Å². The summed E-state index contributed by atoms with van der Waals surface area (Å²) in [7, 11) is 1.93. The van der Waals surface area contributed by atoms with Gasteiger partial charge < -0.3 is 10.1 Å². The molecule has 0 unspecified atom stereocenters. The molecule has 0 saturated carbocycles. The first-order chi connectivity index (χ1) is 10.0. The van der Waals surface area contributed by atoms with Crippen LogP contribution in [0.5, 0.6) is 5.75 Å². The zero-order valence-electron chi connectivity index (χ0n) is 12.4. The van der Waals surface area contributed by atoms with E-state index in [4.69, 9.17) is 4.74 Å². The van der Waals surface area contributed by atoms with Crippen LogP contribution in [0.2, 0.25) is 0 Å². The Bertz CT molecular complexity index is 626. The summed E-state index contributed by atoms with van der Waals surface area (Å²) in [5, 5.41) is 7.71. The number of nitrogens with zero attached hydrogens (tertiary/aromatic N) is 2. The summed E-state index contributed by atoms with van der Waals surface area (Å²) < 4.78 is 9.87. The maximum atomic E-state index is 6.05. The summed E-state index contributed by atoms with van der Waals surface area (Å²) >= 11 is 7.13. The predicted octanol–water partition coefficient (Wildman–Crippen LogP) is 3.94. The van der Waals surface area contributed by atoms with Crippen LogP contribution in [0.25, 0.3) is 0 Å². The quantitative estimate of drug-likeness (QED) is 0.774. The average Bonchev–Trinajstić information content (AvgIpc) is 2.69. The number of halogens is 2. The van der Waals surface area contributed by atoms with Crippen LogP contribution in [0.15, 0.2) is 27.1 Å². The van der Waals surface area contributed by atoms with Crippen LogP contribution in [-0.2, 0) is 20.2 Å². The van der Waals surface area contributed by atoms with Gasteiger partial charge in [0.1, 0.15) is 12.4 Å². The molecule has 6 heteroatoms. The van der Waals surface area contributed by atoms with Gasteiger partial charge in [0.15, 0.2) is 0 Å². The lowest BCUT2D eigenvalue weighted by atomic mass is 10.2. The Balaban J connectivity index is 2.19. The molecule has 1 N–H and O–H groups in total. The Morgan fingerprint density at radius 2 is 2.10 bits per heavy atom. The van der Waals surface area contributed by atoms with Crippen molar-refractivity contribution in [1.29, 1.82) is 0 Å². The largest absolute Gasteiger partial charge is 0.486 e. The molecule has 1 aromatic carbocycles. The molecule has 0 aliphatic rings. The lowest BCUT2D eigenvalue weighted by Gasteiger charge is -2.14. The molecule has 4 nitrogen and oxygen atoms in total. The maximum absolute atomic E-state index is 6.05. The molecule has 114 valence electrons. The van der Waals surface area contributed by atoms with Crippen LogP contribution < -0.4 is 10.1 Å². The zero-order valence-corrected chi connectivity index (χ0v) is 15.6. The van der Waals surface area contributed by atoms with Gasteiger partial charge in [-0.3, -0.25) is 4.68 Å². The fraction of sp³-hybridized carbons (Fsp3) is 0.400. The van der Waals surface area contributed by atoms with Crippen molar-refractivity contribution in [2.24, 2.45) is 7.05 Å². The number of ether oxygens (including phenoxy) is 1. The van der Waals surface area contributed by atoms with Crippen LogP contribution in [0.4, 0.5) is 0 Å². The standard InChI is InChI=1S/C15H19Br2N3O/c1-4-18-8-11-6-5-7-12(16)15(11)21-9-13-14(17)10(2)19-20(13)3/h5-7,18H,4,8-9H2,1-3H3. The van der Waals surface area contributed by atoms with Crippen molar-refractivity contribution in [2.75, 3.05) is 6.54 Å². The topological polar surface area (TPSA) is 39.1 Å². The van der Waals surface area contributed by atoms with Crippen molar-refractivity contribution in [3.05, 3.63) is 44.1 Å². The lowest BCUT2D eigenvalue weighted by molar-refractivity contribution is 0.288. The highest BCUT2D eigenvalue weighted by atomic mass is 79.9. The molecule has 0 bridgehead atoms. The van der Waals surface area contributed by atoms with Crippen LogP contribution >= 0.6 is 31.9 Å². The minimum absolute atomic E-state index is 0.472. The first-order valence-electron chi connectivity index (χ1n) is 6.83. The molecule has 0 fully saturated rings. The highest BCUT2D eigenvalue weighted by molar-refractivity contribution is 9.10. The third-order valence-corrected chi connectivity index (χ3v) is 4.88. The summed E-state index contributed by atoms with van der Waals surface area (Å²) in [4.78, 5) is 0. The number of rotatable bonds is 6. The van der Waals surface area contributed by atoms with Gasteiger partial charge in [0.25, 0.3) is 0 Å². The van der Waals surface area contributed by atoms with E-state index in [1.54, 1.807) is 0 Å². The smallest absolute Gasteiger partial charge is 0.138 e. The Kier molecular flexibility index (Phi) is 5.84. The van der Waals surface area contributed by atoms with Gasteiger partial charge in [-0.2, -0.15) is 5.10 Å². The Morgan fingerprint density at radius 3 is 2.71 bits per heavy atom. The van der Waals surface area contributed by atoms with E-state index in [0.717, 1.165) is 44.7 Å². The number of benzene rings is 1. The van der Waals surface area contributed by atoms with Crippen LogP contribution in [-0.4, -0.2) is 16.3 Å². The minimum atomic E-state index is 0.472. The predicted molar refractivity (Wildman–Crippen MR) is 91.5 cm³/mol. The van der Waals surface area contributed by atoms with E-state index in [0.29, 0.717) is 6.61 Å². The fourth-order valence-electron chi connectivity index (χ4n) is 2.09. The van der Waals surface area contributed by atoms with Gasteiger partial charge in [0.05, 0.1) is 20.3 Å². The minimum Gasteiger partial charge on any atom is -0.486 e. The summed E-state index contributed by atoms with van der Waals surface area (Å²) in [5.74, 6) is 0.879. The second kappa shape index (κ2) is 7.42. The van der Waals surface area contributed by atoms with E-state index in [9.17, 15) is 0 Å². The summed E-state index contributed by atoms with van der Waals surface area (Å²) in [5.41, 5.74) is 3.13. The molecule has 0 atom stereocenters. The summed E-state index contributed by atoms with van der Waals surface area (Å²) in [6.45, 7) is 6.26. The Hall–Kier alpha value is -0.850. The van der Waals surface area contributed by atoms with Gasteiger partial charge in [-0.05, 0) is 51.4 Å². The summed E-state index contributed by atoms with van der Waals surface area (Å²) in [6, 6.07) is 6.09. The third-order valence-electron chi connectivity index (χ3n) is 3.23. The summed E-state index contributed by atoms with van der Waals surface area (Å²) in [6.07, 6.45) is 0. The lowest BCUT2D eigenvalue weighted by Crippen LogP contribution is -2.13. The van der Waals surface area contributed by atoms with Crippen LogP contribution in [0.3, 0.4) is 0 Å². The number of hydrogen-bond acceptors (Lipinski definition) is 3. The van der Waals surface area contributed by atoms with Crippen molar-refractivity contribution < 1.29 is 4.74 Å². The van der Waals surface area contributed by atoms with Gasteiger partial charge in [0.2, 0.25) is 0 Å². The van der Waals surface area contributed by atoms with Gasteiger partial charge in [-0.15, -0.1) is 0 Å². The zero-order chi connectivity index (χ0) is 15.4. The number of aryl methyl sites for hydroxylation is 2. The first-order valence-corrected chi connectivity index (χ1v) is 8.42. The molecule has 1 aromatic heterocycles. The van der Waals surface area contributed by atoms with Crippen molar-refractivity contribution >= 4 is 31.9 Å². The van der Waals surface area contributed by atoms with Crippen molar-refractivity contribution in [1.82, 2.24) is 15.1 Å². The van der Waals surface area contributed by atoms with E-state index in [1.807, 2.05) is 30.8 Å². The molecule has 1 heterocycles. The molecular weight excluding hydrogens is 398 g/mol. The van der Waals surface area contributed by atoms with E-state index in [1.165, 1.54) is 0 Å². The molecule has 0 aliphatic heterocycles. The maximum Gasteiger partial charge on any atom is 0.138 e. The number of nitrogens with one attached hydrogen (secondary N) is 1. The molecule has 0 saturated heterocycles. The number of hydrogen-bond donors (Lipinski definition) is 1. The second-order valence-electron chi connectivity index (χ2n) is 4.77. The van der Waals surface area contributed by atoms with E-state index in [2.05, 4.69) is 55.3 Å². The molecule has 21 heavy (non-hydrogen) atoms. The van der Waals surface area contributed by atoms with Gasteiger partial charge in [-0.1, -0.05) is 19.1 Å². The fourth-order valence-corrected chi connectivity index (χ4v) is 3.06. The highest BCUT2D eigenvalue weighted by Crippen LogP contribution is 2.31. The van der Waals surface area contributed by atoms with Gasteiger partial charge in [-0.25, -0.2) is 0 Å². The van der Waals surface area contributed by atoms with Crippen molar-refractivity contribution in [3.8, 4) is 5.75 Å².